The molecule has 2 unspecified atom stereocenters. The lowest BCUT2D eigenvalue weighted by Crippen LogP contribution is -2.54. The van der Waals surface area contributed by atoms with Crippen LogP contribution in [0, 0.1) is 20.8 Å². The lowest BCUT2D eigenvalue weighted by atomic mass is 9.97. The predicted molar refractivity (Wildman–Crippen MR) is 158 cm³/mol. The number of alkyl carbamates (subject to hydrolysis) is 1. The Balaban J connectivity index is 2.61. The molecule has 8 nitrogen and oxygen atoms in total. The average Bonchev–Trinajstić information content (AvgIpc) is 2.82. The van der Waals surface area contributed by atoms with Crippen molar-refractivity contribution >= 4 is 35.4 Å². The van der Waals surface area contributed by atoms with Crippen LogP contribution in [-0.2, 0) is 14.3 Å². The summed E-state index contributed by atoms with van der Waals surface area (Å²) in [5.74, 6) is -0.352. The maximum absolute atomic E-state index is 14.2. The number of ether oxygens (including phenoxy) is 1. The van der Waals surface area contributed by atoms with Crippen molar-refractivity contribution in [3.05, 3.63) is 58.7 Å². The molecule has 2 aromatic rings. The second-order valence-corrected chi connectivity index (χ2v) is 12.0. The molecule has 39 heavy (non-hydrogen) atoms. The molecule has 0 radical (unpaired) electrons. The molecule has 3 amide bonds. The SMILES string of the molecule is CSCCC(NC(=O)OC(C)(C)C)C(=O)N(C(C)C)C(C(=O)Nc1c(C)cccc1C)c1cccc(C)c1O. The van der Waals surface area contributed by atoms with Crippen molar-refractivity contribution in [2.45, 2.75) is 85.5 Å². The standard InChI is InChI=1S/C30H43N3O5S/c1-18(2)33(28(36)23(16-17-39-9)31-29(37)38-30(6,7)8)25(22-15-11-14-21(5)26(22)34)27(35)32-24-19(3)12-10-13-20(24)4/h10-15,18,23,25,34H,16-17H2,1-9H3,(H,31,37)(H,32,35). The molecule has 0 spiro atoms. The fourth-order valence-electron chi connectivity index (χ4n) is 4.33. The van der Waals surface area contributed by atoms with Gasteiger partial charge in [-0.15, -0.1) is 0 Å². The summed E-state index contributed by atoms with van der Waals surface area (Å²) in [6, 6.07) is 8.31. The third-order valence-electron chi connectivity index (χ3n) is 6.23. The third kappa shape index (κ3) is 8.65. The smallest absolute Gasteiger partial charge is 0.408 e. The van der Waals surface area contributed by atoms with Gasteiger partial charge in [0.1, 0.15) is 23.4 Å². The number of aromatic hydroxyl groups is 1. The highest BCUT2D eigenvalue weighted by Crippen LogP contribution is 2.35. The summed E-state index contributed by atoms with van der Waals surface area (Å²) in [6.07, 6.45) is 1.55. The molecule has 0 saturated carbocycles. The van der Waals surface area contributed by atoms with Gasteiger partial charge in [0.25, 0.3) is 5.91 Å². The minimum Gasteiger partial charge on any atom is -0.507 e. The van der Waals surface area contributed by atoms with Gasteiger partial charge >= 0.3 is 6.09 Å². The van der Waals surface area contributed by atoms with Gasteiger partial charge in [-0.3, -0.25) is 9.59 Å². The minimum absolute atomic E-state index is 0.0571. The van der Waals surface area contributed by atoms with E-state index in [1.54, 1.807) is 57.7 Å². The summed E-state index contributed by atoms with van der Waals surface area (Å²) in [6.45, 7) is 14.4. The number of para-hydroxylation sites is 2. The van der Waals surface area contributed by atoms with E-state index >= 15 is 0 Å². The quantitative estimate of drug-likeness (QED) is 0.337. The van der Waals surface area contributed by atoms with E-state index in [1.165, 1.54) is 4.90 Å². The van der Waals surface area contributed by atoms with Crippen molar-refractivity contribution in [2.24, 2.45) is 0 Å². The Morgan fingerprint density at radius 1 is 1.00 bits per heavy atom. The van der Waals surface area contributed by atoms with Crippen LogP contribution >= 0.6 is 11.8 Å². The Bertz CT molecular complexity index is 1160. The number of anilines is 1. The molecule has 214 valence electrons. The largest absolute Gasteiger partial charge is 0.507 e. The van der Waals surface area contributed by atoms with Crippen LogP contribution in [0.4, 0.5) is 10.5 Å². The molecule has 9 heteroatoms. The zero-order valence-corrected chi connectivity index (χ0v) is 25.4. The Labute approximate surface area is 236 Å². The number of phenols is 1. The summed E-state index contributed by atoms with van der Waals surface area (Å²) < 4.78 is 5.42. The van der Waals surface area contributed by atoms with Gasteiger partial charge in [-0.2, -0.15) is 11.8 Å². The number of thioether (sulfide) groups is 1. The van der Waals surface area contributed by atoms with Crippen molar-refractivity contribution in [3.8, 4) is 5.75 Å². The molecule has 0 saturated heterocycles. The van der Waals surface area contributed by atoms with E-state index in [0.717, 1.165) is 11.1 Å². The number of phenolic OH excluding ortho intramolecular Hbond substituents is 1. The van der Waals surface area contributed by atoms with Gasteiger partial charge in [-0.05, 0) is 90.5 Å². The highest BCUT2D eigenvalue weighted by Gasteiger charge is 2.39. The molecular weight excluding hydrogens is 514 g/mol. The van der Waals surface area contributed by atoms with Crippen molar-refractivity contribution in [2.75, 3.05) is 17.3 Å². The number of nitrogens with one attached hydrogen (secondary N) is 2. The monoisotopic (exact) mass is 557 g/mol. The number of carbonyl (C=O) groups is 3. The van der Waals surface area contributed by atoms with Crippen LogP contribution in [0.15, 0.2) is 36.4 Å². The first-order valence-corrected chi connectivity index (χ1v) is 14.5. The fourth-order valence-corrected chi connectivity index (χ4v) is 4.80. The Kier molecular flexibility index (Phi) is 11.3. The second kappa shape index (κ2) is 13.7. The molecule has 0 aliphatic heterocycles. The average molecular weight is 558 g/mol. The third-order valence-corrected chi connectivity index (χ3v) is 6.87. The molecule has 2 aromatic carbocycles. The van der Waals surface area contributed by atoms with Crippen LogP contribution in [0.5, 0.6) is 5.75 Å². The number of carbonyl (C=O) groups excluding carboxylic acids is 3. The van der Waals surface area contributed by atoms with E-state index in [-0.39, 0.29) is 5.75 Å². The second-order valence-electron chi connectivity index (χ2n) is 11.0. The molecule has 0 aliphatic rings. The summed E-state index contributed by atoms with van der Waals surface area (Å²) in [5.41, 5.74) is 2.56. The number of rotatable bonds is 10. The number of amides is 3. The number of hydrogen-bond donors (Lipinski definition) is 3. The van der Waals surface area contributed by atoms with E-state index in [9.17, 15) is 19.5 Å². The number of benzene rings is 2. The number of aryl methyl sites for hydroxylation is 3. The van der Waals surface area contributed by atoms with Crippen molar-refractivity contribution in [1.82, 2.24) is 10.2 Å². The first-order chi connectivity index (χ1) is 18.2. The van der Waals surface area contributed by atoms with Gasteiger partial charge in [0.15, 0.2) is 0 Å². The van der Waals surface area contributed by atoms with Gasteiger partial charge in [-0.1, -0.05) is 36.4 Å². The van der Waals surface area contributed by atoms with Crippen molar-refractivity contribution in [1.29, 1.82) is 0 Å². The summed E-state index contributed by atoms with van der Waals surface area (Å²) in [5, 5.41) is 16.8. The van der Waals surface area contributed by atoms with E-state index in [0.29, 0.717) is 29.0 Å². The Hall–Kier alpha value is -3.20. The van der Waals surface area contributed by atoms with Crippen LogP contribution in [0.2, 0.25) is 0 Å². The summed E-state index contributed by atoms with van der Waals surface area (Å²) in [7, 11) is 0. The van der Waals surface area contributed by atoms with Crippen LogP contribution < -0.4 is 10.6 Å². The van der Waals surface area contributed by atoms with E-state index < -0.39 is 41.6 Å². The van der Waals surface area contributed by atoms with Gasteiger partial charge in [-0.25, -0.2) is 4.79 Å². The first-order valence-electron chi connectivity index (χ1n) is 13.1. The molecule has 2 atom stereocenters. The fraction of sp³-hybridized carbons (Fsp3) is 0.500. The van der Waals surface area contributed by atoms with Crippen LogP contribution in [-0.4, -0.2) is 57.6 Å². The van der Waals surface area contributed by atoms with Gasteiger partial charge in [0.05, 0.1) is 0 Å². The molecule has 2 rings (SSSR count). The Morgan fingerprint density at radius 3 is 2.10 bits per heavy atom. The lowest BCUT2D eigenvalue weighted by molar-refractivity contribution is -0.143. The maximum Gasteiger partial charge on any atom is 0.408 e. The van der Waals surface area contributed by atoms with Crippen LogP contribution in [0.3, 0.4) is 0 Å². The van der Waals surface area contributed by atoms with Gasteiger partial charge < -0.3 is 25.4 Å². The lowest BCUT2D eigenvalue weighted by Gasteiger charge is -2.37. The van der Waals surface area contributed by atoms with Crippen molar-refractivity contribution in [3.63, 3.8) is 0 Å². The van der Waals surface area contributed by atoms with E-state index in [2.05, 4.69) is 10.6 Å². The molecule has 0 heterocycles. The predicted octanol–water partition coefficient (Wildman–Crippen LogP) is 5.88. The van der Waals surface area contributed by atoms with Crippen LogP contribution in [0.1, 0.15) is 69.3 Å². The van der Waals surface area contributed by atoms with Gasteiger partial charge in [0.2, 0.25) is 5.91 Å². The molecule has 0 fully saturated rings. The minimum atomic E-state index is -1.16. The molecular formula is C30H43N3O5S. The highest BCUT2D eigenvalue weighted by atomic mass is 32.2. The topological polar surface area (TPSA) is 108 Å². The highest BCUT2D eigenvalue weighted by molar-refractivity contribution is 7.98. The van der Waals surface area contributed by atoms with Crippen LogP contribution in [0.25, 0.3) is 0 Å². The molecule has 0 aliphatic carbocycles. The first kappa shape index (κ1) is 32.0. The molecule has 3 N–H and O–H groups in total. The van der Waals surface area contributed by atoms with Gasteiger partial charge in [0, 0.05) is 17.3 Å². The Morgan fingerprint density at radius 2 is 1.56 bits per heavy atom. The van der Waals surface area contributed by atoms with Crippen molar-refractivity contribution < 1.29 is 24.2 Å². The van der Waals surface area contributed by atoms with E-state index in [4.69, 9.17) is 4.74 Å². The number of hydrogen-bond acceptors (Lipinski definition) is 6. The molecule has 0 bridgehead atoms. The zero-order valence-electron chi connectivity index (χ0n) is 24.5. The summed E-state index contributed by atoms with van der Waals surface area (Å²) >= 11 is 1.55. The zero-order chi connectivity index (χ0) is 29.5. The normalized spacial score (nSPS) is 13.0. The van der Waals surface area contributed by atoms with E-state index in [1.807, 2.05) is 52.1 Å². The maximum atomic E-state index is 14.2. The summed E-state index contributed by atoms with van der Waals surface area (Å²) in [4.78, 5) is 42.4. The number of nitrogens with zero attached hydrogens (tertiary/aromatic N) is 1. The molecule has 0 aromatic heterocycles.